The summed E-state index contributed by atoms with van der Waals surface area (Å²) in [6.45, 7) is 3.15. The zero-order chi connectivity index (χ0) is 20.4. The topological polar surface area (TPSA) is 84.9 Å². The van der Waals surface area contributed by atoms with Gasteiger partial charge < -0.3 is 14.8 Å². The molecule has 154 valence electrons. The Hall–Kier alpha value is -2.58. The van der Waals surface area contributed by atoms with E-state index in [-0.39, 0.29) is 10.8 Å². The van der Waals surface area contributed by atoms with Gasteiger partial charge >= 0.3 is 0 Å². The van der Waals surface area contributed by atoms with E-state index >= 15 is 0 Å². The SMILES string of the molecule is CCOc1ccc(NC(=O)[C@@H]2Cc3ccccc3O2)cc1S(=O)(=O)N1CCCC1. The summed E-state index contributed by atoms with van der Waals surface area (Å²) in [5.74, 6) is 0.688. The average Bonchev–Trinajstić information content (AvgIpc) is 3.39. The molecule has 2 aromatic rings. The first-order valence-corrected chi connectivity index (χ1v) is 11.3. The molecule has 0 aromatic heterocycles. The Balaban J connectivity index is 1.56. The molecule has 0 aliphatic carbocycles. The highest BCUT2D eigenvalue weighted by Gasteiger charge is 2.32. The lowest BCUT2D eigenvalue weighted by Gasteiger charge is -2.19. The molecule has 2 aliphatic heterocycles. The number of para-hydroxylation sites is 1. The van der Waals surface area contributed by atoms with Gasteiger partial charge in [-0.15, -0.1) is 0 Å². The number of carbonyl (C=O) groups is 1. The molecule has 1 amide bonds. The second-order valence-corrected chi connectivity index (χ2v) is 9.02. The standard InChI is InChI=1S/C21H24N2O5S/c1-2-27-18-10-9-16(14-20(18)29(25,26)23-11-5-6-12-23)22-21(24)19-13-15-7-3-4-8-17(15)28-19/h3-4,7-10,14,19H,2,5-6,11-13H2,1H3,(H,22,24)/t19-/m0/s1. The van der Waals surface area contributed by atoms with Gasteiger partial charge in [0, 0.05) is 25.2 Å². The number of hydrogen-bond acceptors (Lipinski definition) is 5. The summed E-state index contributed by atoms with van der Waals surface area (Å²) in [6, 6.07) is 12.2. The summed E-state index contributed by atoms with van der Waals surface area (Å²) in [5, 5.41) is 2.79. The first-order valence-electron chi connectivity index (χ1n) is 9.81. The van der Waals surface area contributed by atoms with E-state index in [1.165, 1.54) is 10.4 Å². The molecule has 1 saturated heterocycles. The summed E-state index contributed by atoms with van der Waals surface area (Å²) < 4.78 is 38.9. The van der Waals surface area contributed by atoms with Gasteiger partial charge in [-0.05, 0) is 49.6 Å². The maximum absolute atomic E-state index is 13.1. The fourth-order valence-corrected chi connectivity index (χ4v) is 5.35. The first-order chi connectivity index (χ1) is 14.0. The number of sulfonamides is 1. The Kier molecular flexibility index (Phi) is 5.47. The molecule has 0 saturated carbocycles. The van der Waals surface area contributed by atoms with Crippen molar-refractivity contribution in [2.75, 3.05) is 25.0 Å². The number of rotatable bonds is 6. The summed E-state index contributed by atoms with van der Waals surface area (Å²) in [4.78, 5) is 12.8. The number of benzene rings is 2. The van der Waals surface area contributed by atoms with E-state index in [1.807, 2.05) is 24.3 Å². The second-order valence-electron chi connectivity index (χ2n) is 7.11. The first kappa shape index (κ1) is 19.7. The smallest absolute Gasteiger partial charge is 0.265 e. The minimum Gasteiger partial charge on any atom is -0.492 e. The van der Waals surface area contributed by atoms with Gasteiger partial charge in [0.05, 0.1) is 6.61 Å². The molecule has 2 heterocycles. The number of amides is 1. The van der Waals surface area contributed by atoms with Crippen molar-refractivity contribution in [3.8, 4) is 11.5 Å². The quantitative estimate of drug-likeness (QED) is 0.783. The Morgan fingerprint density at radius 2 is 1.97 bits per heavy atom. The van der Waals surface area contributed by atoms with Crippen LogP contribution in [0.1, 0.15) is 25.3 Å². The van der Waals surface area contributed by atoms with E-state index in [9.17, 15) is 13.2 Å². The van der Waals surface area contributed by atoms with Crippen molar-refractivity contribution in [3.05, 3.63) is 48.0 Å². The molecule has 1 N–H and O–H groups in total. The van der Waals surface area contributed by atoms with Crippen molar-refractivity contribution in [2.45, 2.75) is 37.2 Å². The highest BCUT2D eigenvalue weighted by molar-refractivity contribution is 7.89. The van der Waals surface area contributed by atoms with Crippen LogP contribution in [0.2, 0.25) is 0 Å². The fraction of sp³-hybridized carbons (Fsp3) is 0.381. The molecule has 0 radical (unpaired) electrons. The lowest BCUT2D eigenvalue weighted by molar-refractivity contribution is -0.122. The minimum absolute atomic E-state index is 0.0784. The Bertz CT molecular complexity index is 990. The molecule has 8 heteroatoms. The van der Waals surface area contributed by atoms with Crippen molar-refractivity contribution in [1.29, 1.82) is 0 Å². The van der Waals surface area contributed by atoms with Crippen LogP contribution in [-0.2, 0) is 21.2 Å². The summed E-state index contributed by atoms with van der Waals surface area (Å²) in [6.07, 6.45) is 1.54. The third-order valence-corrected chi connectivity index (χ3v) is 7.05. The number of carbonyl (C=O) groups excluding carboxylic acids is 1. The fourth-order valence-electron chi connectivity index (χ4n) is 3.68. The minimum atomic E-state index is -3.69. The van der Waals surface area contributed by atoms with Gasteiger partial charge in [0.25, 0.3) is 5.91 Å². The predicted molar refractivity (Wildman–Crippen MR) is 109 cm³/mol. The van der Waals surface area contributed by atoms with E-state index < -0.39 is 16.1 Å². The average molecular weight is 416 g/mol. The van der Waals surface area contributed by atoms with Gasteiger partial charge in [-0.25, -0.2) is 8.42 Å². The summed E-state index contributed by atoms with van der Waals surface area (Å²) in [5.41, 5.74) is 1.38. The van der Waals surface area contributed by atoms with Crippen LogP contribution in [0.3, 0.4) is 0 Å². The number of anilines is 1. The molecule has 4 rings (SSSR count). The normalized spacial score (nSPS) is 18.9. The molecule has 2 aliphatic rings. The van der Waals surface area contributed by atoms with Gasteiger partial charge in [0.1, 0.15) is 16.4 Å². The van der Waals surface area contributed by atoms with E-state index in [0.717, 1.165) is 18.4 Å². The molecule has 1 fully saturated rings. The molecular formula is C21H24N2O5S. The molecule has 7 nitrogen and oxygen atoms in total. The third kappa shape index (κ3) is 3.95. The zero-order valence-corrected chi connectivity index (χ0v) is 17.1. The number of nitrogens with zero attached hydrogens (tertiary/aromatic N) is 1. The Morgan fingerprint density at radius 1 is 1.21 bits per heavy atom. The number of fused-ring (bicyclic) bond motifs is 1. The molecule has 2 aromatic carbocycles. The Labute approximate surface area is 170 Å². The molecule has 0 spiro atoms. The van der Waals surface area contributed by atoms with Crippen LogP contribution >= 0.6 is 0 Å². The van der Waals surface area contributed by atoms with Gasteiger partial charge in [0.15, 0.2) is 6.10 Å². The molecule has 29 heavy (non-hydrogen) atoms. The van der Waals surface area contributed by atoms with Crippen molar-refractivity contribution in [3.63, 3.8) is 0 Å². The van der Waals surface area contributed by atoms with E-state index in [2.05, 4.69) is 5.32 Å². The van der Waals surface area contributed by atoms with Gasteiger partial charge in [-0.1, -0.05) is 18.2 Å². The largest absolute Gasteiger partial charge is 0.492 e. The maximum Gasteiger partial charge on any atom is 0.265 e. The molecular weight excluding hydrogens is 392 g/mol. The van der Waals surface area contributed by atoms with Crippen LogP contribution in [-0.4, -0.2) is 44.4 Å². The van der Waals surface area contributed by atoms with E-state index in [4.69, 9.17) is 9.47 Å². The summed E-state index contributed by atoms with van der Waals surface area (Å²) >= 11 is 0. The van der Waals surface area contributed by atoms with Crippen molar-refractivity contribution < 1.29 is 22.7 Å². The number of hydrogen-bond donors (Lipinski definition) is 1. The highest BCUT2D eigenvalue weighted by Crippen LogP contribution is 2.33. The second kappa shape index (κ2) is 8.04. The van der Waals surface area contributed by atoms with Gasteiger partial charge in [0.2, 0.25) is 10.0 Å². The monoisotopic (exact) mass is 416 g/mol. The number of nitrogens with one attached hydrogen (secondary N) is 1. The van der Waals surface area contributed by atoms with Crippen molar-refractivity contribution in [1.82, 2.24) is 4.31 Å². The lowest BCUT2D eigenvalue weighted by Crippen LogP contribution is -2.32. The lowest BCUT2D eigenvalue weighted by atomic mass is 10.1. The predicted octanol–water partition coefficient (Wildman–Crippen LogP) is 2.81. The van der Waals surface area contributed by atoms with Crippen LogP contribution in [0.25, 0.3) is 0 Å². The molecule has 1 atom stereocenters. The zero-order valence-electron chi connectivity index (χ0n) is 16.3. The molecule has 0 bridgehead atoms. The van der Waals surface area contributed by atoms with Crippen LogP contribution in [0.15, 0.2) is 47.4 Å². The van der Waals surface area contributed by atoms with Crippen LogP contribution in [0.5, 0.6) is 11.5 Å². The third-order valence-electron chi connectivity index (χ3n) is 5.13. The highest BCUT2D eigenvalue weighted by atomic mass is 32.2. The van der Waals surface area contributed by atoms with Crippen LogP contribution in [0, 0.1) is 0 Å². The maximum atomic E-state index is 13.1. The van der Waals surface area contributed by atoms with Crippen LogP contribution in [0.4, 0.5) is 5.69 Å². The van der Waals surface area contributed by atoms with E-state index in [1.54, 1.807) is 19.1 Å². The summed E-state index contributed by atoms with van der Waals surface area (Å²) in [7, 11) is -3.69. The van der Waals surface area contributed by atoms with Crippen molar-refractivity contribution >= 4 is 21.6 Å². The van der Waals surface area contributed by atoms with Crippen molar-refractivity contribution in [2.24, 2.45) is 0 Å². The van der Waals surface area contributed by atoms with E-state index in [0.29, 0.717) is 43.3 Å². The van der Waals surface area contributed by atoms with Crippen LogP contribution < -0.4 is 14.8 Å². The number of ether oxygens (including phenoxy) is 2. The molecule has 0 unspecified atom stereocenters. The van der Waals surface area contributed by atoms with Gasteiger partial charge in [-0.2, -0.15) is 4.31 Å². The van der Waals surface area contributed by atoms with Gasteiger partial charge in [-0.3, -0.25) is 4.79 Å². The Morgan fingerprint density at radius 3 is 2.69 bits per heavy atom.